The van der Waals surface area contributed by atoms with Gasteiger partial charge in [0.15, 0.2) is 11.6 Å². The van der Waals surface area contributed by atoms with Gasteiger partial charge in [0.05, 0.1) is 0 Å². The summed E-state index contributed by atoms with van der Waals surface area (Å²) in [6.07, 6.45) is 3.18. The second-order valence-electron chi connectivity index (χ2n) is 4.78. The van der Waals surface area contributed by atoms with Gasteiger partial charge in [0.25, 0.3) is 0 Å². The fourth-order valence-electron chi connectivity index (χ4n) is 2.14. The molecule has 0 bridgehead atoms. The Balaban J connectivity index is 2.03. The molecule has 0 spiro atoms. The van der Waals surface area contributed by atoms with Gasteiger partial charge in [-0.2, -0.15) is 5.10 Å². The van der Waals surface area contributed by atoms with E-state index in [1.807, 2.05) is 6.92 Å². The van der Waals surface area contributed by atoms with Crippen molar-refractivity contribution in [3.8, 4) is 0 Å². The van der Waals surface area contributed by atoms with Gasteiger partial charge in [-0.05, 0) is 24.5 Å². The average Bonchev–Trinajstić information content (AvgIpc) is 2.83. The Labute approximate surface area is 116 Å². The summed E-state index contributed by atoms with van der Waals surface area (Å²) in [5.74, 6) is -0.891. The van der Waals surface area contributed by atoms with Gasteiger partial charge in [-0.3, -0.25) is 4.68 Å². The summed E-state index contributed by atoms with van der Waals surface area (Å²) in [6.45, 7) is 2.82. The molecule has 1 atom stereocenters. The zero-order chi connectivity index (χ0) is 14.5. The molecule has 1 aromatic heterocycles. The Morgan fingerprint density at radius 2 is 2.10 bits per heavy atom. The van der Waals surface area contributed by atoms with Crippen molar-refractivity contribution in [1.29, 1.82) is 0 Å². The van der Waals surface area contributed by atoms with Crippen molar-refractivity contribution in [2.24, 2.45) is 5.73 Å². The van der Waals surface area contributed by atoms with Crippen LogP contribution in [-0.2, 0) is 19.4 Å². The third-order valence-electron chi connectivity index (χ3n) is 3.09. The van der Waals surface area contributed by atoms with Gasteiger partial charge < -0.3 is 5.73 Å². The molecule has 2 N–H and O–H groups in total. The number of aryl methyl sites for hydroxylation is 1. The first kappa shape index (κ1) is 14.6. The molecule has 0 saturated heterocycles. The molecule has 20 heavy (non-hydrogen) atoms. The van der Waals surface area contributed by atoms with Gasteiger partial charge >= 0.3 is 0 Å². The number of nitrogens with zero attached hydrogens (tertiary/aromatic N) is 3. The van der Waals surface area contributed by atoms with Crippen LogP contribution >= 0.6 is 0 Å². The number of hydrogen-bond acceptors (Lipinski definition) is 3. The molecular weight excluding hydrogens is 262 g/mol. The summed E-state index contributed by atoms with van der Waals surface area (Å²) in [4.78, 5) is 4.16. The van der Waals surface area contributed by atoms with Gasteiger partial charge in [-0.25, -0.2) is 13.8 Å². The van der Waals surface area contributed by atoms with Crippen molar-refractivity contribution >= 4 is 0 Å². The smallest absolute Gasteiger partial charge is 0.162 e. The first-order valence-corrected chi connectivity index (χ1v) is 6.67. The molecule has 4 nitrogen and oxygen atoms in total. The Kier molecular flexibility index (Phi) is 4.79. The SMILES string of the molecule is CCCn1ncnc1CC(N)Cc1cccc(F)c1F. The maximum Gasteiger partial charge on any atom is 0.162 e. The molecule has 108 valence electrons. The van der Waals surface area contributed by atoms with E-state index in [1.54, 1.807) is 10.7 Å². The summed E-state index contributed by atoms with van der Waals surface area (Å²) in [6, 6.07) is 3.81. The molecule has 6 heteroatoms. The summed E-state index contributed by atoms with van der Waals surface area (Å²) in [7, 11) is 0. The average molecular weight is 280 g/mol. The minimum Gasteiger partial charge on any atom is -0.327 e. The van der Waals surface area contributed by atoms with Crippen LogP contribution in [0.2, 0.25) is 0 Å². The van der Waals surface area contributed by atoms with Crippen LogP contribution in [0.5, 0.6) is 0 Å². The number of aromatic nitrogens is 3. The topological polar surface area (TPSA) is 56.7 Å². The predicted octanol–water partition coefficient (Wildman–Crippen LogP) is 2.08. The van der Waals surface area contributed by atoms with E-state index in [0.29, 0.717) is 12.0 Å². The van der Waals surface area contributed by atoms with Crippen molar-refractivity contribution in [2.45, 2.75) is 38.8 Å². The second-order valence-corrected chi connectivity index (χ2v) is 4.78. The van der Waals surface area contributed by atoms with Crippen molar-refractivity contribution in [2.75, 3.05) is 0 Å². The lowest BCUT2D eigenvalue weighted by Gasteiger charge is -2.12. The van der Waals surface area contributed by atoms with E-state index in [0.717, 1.165) is 24.9 Å². The van der Waals surface area contributed by atoms with E-state index < -0.39 is 11.6 Å². The molecule has 0 saturated carbocycles. The number of rotatable bonds is 6. The fourth-order valence-corrected chi connectivity index (χ4v) is 2.14. The quantitative estimate of drug-likeness (QED) is 0.881. The standard InChI is InChI=1S/C14H18F2N4/c1-2-6-20-13(18-9-19-20)8-11(17)7-10-4-3-5-12(15)14(10)16/h3-5,9,11H,2,6-8,17H2,1H3. The molecule has 0 fully saturated rings. The van der Waals surface area contributed by atoms with Crippen molar-refractivity contribution in [3.63, 3.8) is 0 Å². The molecule has 0 amide bonds. The van der Waals surface area contributed by atoms with Crippen LogP contribution in [0, 0.1) is 11.6 Å². The Bertz CT molecular complexity index is 568. The highest BCUT2D eigenvalue weighted by Crippen LogP contribution is 2.14. The van der Waals surface area contributed by atoms with Crippen LogP contribution in [0.4, 0.5) is 8.78 Å². The first-order valence-electron chi connectivity index (χ1n) is 6.67. The van der Waals surface area contributed by atoms with Gasteiger partial charge in [-0.15, -0.1) is 0 Å². The number of benzene rings is 1. The molecule has 1 heterocycles. The third-order valence-corrected chi connectivity index (χ3v) is 3.09. The molecule has 2 aromatic rings. The molecule has 1 aromatic carbocycles. The van der Waals surface area contributed by atoms with Gasteiger partial charge in [0, 0.05) is 19.0 Å². The van der Waals surface area contributed by atoms with Crippen molar-refractivity contribution in [3.05, 3.63) is 47.5 Å². The molecule has 0 aliphatic rings. The Morgan fingerprint density at radius 3 is 2.85 bits per heavy atom. The van der Waals surface area contributed by atoms with Crippen LogP contribution in [0.25, 0.3) is 0 Å². The summed E-state index contributed by atoms with van der Waals surface area (Å²) >= 11 is 0. The minimum atomic E-state index is -0.844. The van der Waals surface area contributed by atoms with Crippen LogP contribution < -0.4 is 5.73 Å². The van der Waals surface area contributed by atoms with E-state index in [9.17, 15) is 8.78 Å². The number of hydrogen-bond donors (Lipinski definition) is 1. The van der Waals surface area contributed by atoms with Crippen LogP contribution in [0.3, 0.4) is 0 Å². The van der Waals surface area contributed by atoms with Crippen molar-refractivity contribution in [1.82, 2.24) is 14.8 Å². The monoisotopic (exact) mass is 280 g/mol. The molecule has 0 radical (unpaired) electrons. The molecular formula is C14H18F2N4. The molecule has 2 rings (SSSR count). The van der Waals surface area contributed by atoms with Crippen LogP contribution in [-0.4, -0.2) is 20.8 Å². The van der Waals surface area contributed by atoms with E-state index in [2.05, 4.69) is 10.1 Å². The van der Waals surface area contributed by atoms with Gasteiger partial charge in [0.1, 0.15) is 12.2 Å². The van der Waals surface area contributed by atoms with Crippen LogP contribution in [0.15, 0.2) is 24.5 Å². The predicted molar refractivity (Wildman–Crippen MR) is 72.1 cm³/mol. The highest BCUT2D eigenvalue weighted by Gasteiger charge is 2.14. The van der Waals surface area contributed by atoms with E-state index in [4.69, 9.17) is 5.73 Å². The maximum absolute atomic E-state index is 13.6. The van der Waals surface area contributed by atoms with E-state index >= 15 is 0 Å². The summed E-state index contributed by atoms with van der Waals surface area (Å²) in [5, 5.41) is 4.11. The largest absolute Gasteiger partial charge is 0.327 e. The number of nitrogens with two attached hydrogens (primary N) is 1. The first-order chi connectivity index (χ1) is 9.61. The minimum absolute atomic E-state index is 0.266. The van der Waals surface area contributed by atoms with Gasteiger partial charge in [-0.1, -0.05) is 19.1 Å². The van der Waals surface area contributed by atoms with E-state index in [1.165, 1.54) is 12.4 Å². The summed E-state index contributed by atoms with van der Waals surface area (Å²) < 4.78 is 28.5. The lowest BCUT2D eigenvalue weighted by atomic mass is 10.0. The maximum atomic E-state index is 13.6. The fraction of sp³-hybridized carbons (Fsp3) is 0.429. The Hall–Kier alpha value is -1.82. The molecule has 0 aliphatic carbocycles. The lowest BCUT2D eigenvalue weighted by Crippen LogP contribution is -2.28. The Morgan fingerprint density at radius 1 is 1.30 bits per heavy atom. The highest BCUT2D eigenvalue weighted by atomic mass is 19.2. The number of halogens is 2. The highest BCUT2D eigenvalue weighted by molar-refractivity contribution is 5.20. The zero-order valence-corrected chi connectivity index (χ0v) is 11.4. The third kappa shape index (κ3) is 3.39. The van der Waals surface area contributed by atoms with E-state index in [-0.39, 0.29) is 12.5 Å². The zero-order valence-electron chi connectivity index (χ0n) is 11.4. The lowest BCUT2D eigenvalue weighted by molar-refractivity contribution is 0.488. The molecule has 0 aliphatic heterocycles. The van der Waals surface area contributed by atoms with Crippen molar-refractivity contribution < 1.29 is 8.78 Å². The van der Waals surface area contributed by atoms with Crippen LogP contribution in [0.1, 0.15) is 24.7 Å². The normalized spacial score (nSPS) is 12.6. The van der Waals surface area contributed by atoms with Gasteiger partial charge in [0.2, 0.25) is 0 Å². The molecule has 1 unspecified atom stereocenters. The second kappa shape index (κ2) is 6.56. The summed E-state index contributed by atoms with van der Waals surface area (Å²) in [5.41, 5.74) is 6.30.